The Morgan fingerprint density at radius 3 is 2.29 bits per heavy atom. The van der Waals surface area contributed by atoms with E-state index in [-0.39, 0.29) is 11.5 Å². The molecule has 0 rings (SSSR count). The maximum atomic E-state index is 9.73. The summed E-state index contributed by atoms with van der Waals surface area (Å²) in [7, 11) is 1.67. The molecule has 0 saturated heterocycles. The van der Waals surface area contributed by atoms with Gasteiger partial charge in [0.2, 0.25) is 0 Å². The summed E-state index contributed by atoms with van der Waals surface area (Å²) in [5.41, 5.74) is -0.179. The highest BCUT2D eigenvalue weighted by Crippen LogP contribution is 2.13. The zero-order chi connectivity index (χ0) is 11.2. The van der Waals surface area contributed by atoms with Gasteiger partial charge in [-0.3, -0.25) is 0 Å². The van der Waals surface area contributed by atoms with Gasteiger partial charge in [-0.15, -0.1) is 0 Å². The van der Waals surface area contributed by atoms with Crippen molar-refractivity contribution in [1.29, 1.82) is 0 Å². The fourth-order valence-corrected chi connectivity index (χ4v) is 0.996. The van der Waals surface area contributed by atoms with Gasteiger partial charge in [0, 0.05) is 13.7 Å². The fraction of sp³-hybridized carbons (Fsp3) is 1.00. The van der Waals surface area contributed by atoms with Gasteiger partial charge >= 0.3 is 0 Å². The predicted molar refractivity (Wildman–Crippen MR) is 57.4 cm³/mol. The van der Waals surface area contributed by atoms with Crippen molar-refractivity contribution in [1.82, 2.24) is 0 Å². The fourth-order valence-electron chi connectivity index (χ4n) is 0.996. The molecule has 0 spiro atoms. The molecule has 0 aromatic rings. The Morgan fingerprint density at radius 2 is 1.86 bits per heavy atom. The minimum Gasteiger partial charge on any atom is -0.390 e. The second-order valence-electron chi connectivity index (χ2n) is 4.75. The first kappa shape index (κ1) is 13.9. The molecule has 2 unspecified atom stereocenters. The van der Waals surface area contributed by atoms with Crippen LogP contribution in [0.3, 0.4) is 0 Å². The summed E-state index contributed by atoms with van der Waals surface area (Å²) in [4.78, 5) is 0. The molecule has 0 aliphatic carbocycles. The van der Waals surface area contributed by atoms with Gasteiger partial charge in [-0.1, -0.05) is 6.92 Å². The van der Waals surface area contributed by atoms with Crippen LogP contribution in [0.1, 0.15) is 34.1 Å². The highest BCUT2D eigenvalue weighted by atomic mass is 16.5. The lowest BCUT2D eigenvalue weighted by atomic mass is 10.0. The van der Waals surface area contributed by atoms with Gasteiger partial charge in [-0.05, 0) is 33.1 Å². The molecular weight excluding hydrogens is 180 g/mol. The van der Waals surface area contributed by atoms with Crippen LogP contribution in [0.2, 0.25) is 0 Å². The Labute approximate surface area is 87.4 Å². The number of hydrogen-bond donors (Lipinski definition) is 1. The molecule has 0 bridgehead atoms. The van der Waals surface area contributed by atoms with Gasteiger partial charge in [0.05, 0.1) is 18.3 Å². The van der Waals surface area contributed by atoms with Crippen LogP contribution >= 0.6 is 0 Å². The first-order valence-electron chi connectivity index (χ1n) is 5.18. The second-order valence-corrected chi connectivity index (χ2v) is 4.75. The van der Waals surface area contributed by atoms with Crippen molar-refractivity contribution in [3.63, 3.8) is 0 Å². The molecule has 0 fully saturated rings. The highest BCUT2D eigenvalue weighted by molar-refractivity contribution is 4.67. The Bertz CT molecular complexity index is 140. The summed E-state index contributed by atoms with van der Waals surface area (Å²) >= 11 is 0. The number of aliphatic hydroxyl groups is 1. The Morgan fingerprint density at radius 1 is 1.29 bits per heavy atom. The zero-order valence-electron chi connectivity index (χ0n) is 10.0. The van der Waals surface area contributed by atoms with Crippen LogP contribution in [0, 0.1) is 5.92 Å². The maximum absolute atomic E-state index is 9.73. The number of aliphatic hydroxyl groups excluding tert-OH is 1. The third-order valence-corrected chi connectivity index (χ3v) is 2.12. The van der Waals surface area contributed by atoms with E-state index in [0.29, 0.717) is 13.2 Å². The molecule has 0 amide bonds. The van der Waals surface area contributed by atoms with Gasteiger partial charge in [0.15, 0.2) is 0 Å². The van der Waals surface area contributed by atoms with Gasteiger partial charge in [0.25, 0.3) is 0 Å². The average Bonchev–Trinajstić information content (AvgIpc) is 2.09. The van der Waals surface area contributed by atoms with E-state index in [0.717, 1.165) is 6.42 Å². The zero-order valence-corrected chi connectivity index (χ0v) is 10.0. The van der Waals surface area contributed by atoms with Gasteiger partial charge in [-0.25, -0.2) is 0 Å². The van der Waals surface area contributed by atoms with Crippen molar-refractivity contribution in [2.45, 2.75) is 45.8 Å². The molecule has 0 aromatic carbocycles. The topological polar surface area (TPSA) is 38.7 Å². The minimum absolute atomic E-state index is 0.179. The van der Waals surface area contributed by atoms with Gasteiger partial charge < -0.3 is 14.6 Å². The largest absolute Gasteiger partial charge is 0.390 e. The van der Waals surface area contributed by atoms with Crippen molar-refractivity contribution >= 4 is 0 Å². The van der Waals surface area contributed by atoms with Crippen LogP contribution in [0.4, 0.5) is 0 Å². The predicted octanol–water partition coefficient (Wildman–Crippen LogP) is 1.83. The SMILES string of the molecule is COCCC(C)C(O)COC(C)(C)C. The summed E-state index contributed by atoms with van der Waals surface area (Å²) in [6, 6.07) is 0. The van der Waals surface area contributed by atoms with Crippen molar-refractivity contribution in [2.24, 2.45) is 5.92 Å². The summed E-state index contributed by atoms with van der Waals surface area (Å²) in [5, 5.41) is 9.73. The second kappa shape index (κ2) is 6.38. The first-order valence-corrected chi connectivity index (χ1v) is 5.18. The molecule has 2 atom stereocenters. The quantitative estimate of drug-likeness (QED) is 0.717. The molecule has 3 nitrogen and oxygen atoms in total. The van der Waals surface area contributed by atoms with Crippen LogP contribution in [0.25, 0.3) is 0 Å². The lowest BCUT2D eigenvalue weighted by molar-refractivity contribution is -0.0650. The summed E-state index contributed by atoms with van der Waals surface area (Å²) in [6.45, 7) is 9.05. The smallest absolute Gasteiger partial charge is 0.0800 e. The van der Waals surface area contributed by atoms with E-state index in [4.69, 9.17) is 9.47 Å². The molecule has 0 aliphatic heterocycles. The molecule has 0 aromatic heterocycles. The van der Waals surface area contributed by atoms with Crippen LogP contribution in [-0.2, 0) is 9.47 Å². The standard InChI is InChI=1S/C11H24O3/c1-9(6-7-13-5)10(12)8-14-11(2,3)4/h9-10,12H,6-8H2,1-5H3. The van der Waals surface area contributed by atoms with Crippen LogP contribution in [0.5, 0.6) is 0 Å². The molecule has 0 radical (unpaired) electrons. The highest BCUT2D eigenvalue weighted by Gasteiger charge is 2.18. The van der Waals surface area contributed by atoms with E-state index in [1.54, 1.807) is 7.11 Å². The number of rotatable bonds is 6. The average molecular weight is 204 g/mol. The number of ether oxygens (including phenoxy) is 2. The third-order valence-electron chi connectivity index (χ3n) is 2.12. The molecule has 86 valence electrons. The van der Waals surface area contributed by atoms with Crippen LogP contribution in [0.15, 0.2) is 0 Å². The van der Waals surface area contributed by atoms with Crippen LogP contribution in [-0.4, -0.2) is 37.1 Å². The van der Waals surface area contributed by atoms with Crippen molar-refractivity contribution in [3.05, 3.63) is 0 Å². The minimum atomic E-state index is -0.399. The lowest BCUT2D eigenvalue weighted by Gasteiger charge is -2.24. The van der Waals surface area contributed by atoms with E-state index >= 15 is 0 Å². The van der Waals surface area contributed by atoms with E-state index in [1.807, 2.05) is 27.7 Å². The normalized spacial score (nSPS) is 16.7. The molecule has 14 heavy (non-hydrogen) atoms. The Kier molecular flexibility index (Phi) is 6.33. The van der Waals surface area contributed by atoms with Crippen molar-refractivity contribution in [3.8, 4) is 0 Å². The van der Waals surface area contributed by atoms with E-state index < -0.39 is 6.10 Å². The first-order chi connectivity index (χ1) is 6.37. The van der Waals surface area contributed by atoms with Crippen molar-refractivity contribution < 1.29 is 14.6 Å². The molecule has 0 heterocycles. The molecule has 0 saturated carbocycles. The third kappa shape index (κ3) is 7.30. The van der Waals surface area contributed by atoms with E-state index in [9.17, 15) is 5.11 Å². The summed E-state index contributed by atoms with van der Waals surface area (Å²) < 4.78 is 10.5. The number of hydrogen-bond acceptors (Lipinski definition) is 3. The van der Waals surface area contributed by atoms with Gasteiger partial charge in [0.1, 0.15) is 0 Å². The Hall–Kier alpha value is -0.120. The van der Waals surface area contributed by atoms with Gasteiger partial charge in [-0.2, -0.15) is 0 Å². The summed E-state index contributed by atoms with van der Waals surface area (Å²) in [6.07, 6.45) is 0.468. The lowest BCUT2D eigenvalue weighted by Crippen LogP contribution is -2.30. The monoisotopic (exact) mass is 204 g/mol. The van der Waals surface area contributed by atoms with Crippen LogP contribution < -0.4 is 0 Å². The summed E-state index contributed by atoms with van der Waals surface area (Å²) in [5.74, 6) is 0.220. The molecular formula is C11H24O3. The molecule has 3 heteroatoms. The molecule has 0 aliphatic rings. The maximum Gasteiger partial charge on any atom is 0.0800 e. The Balaban J connectivity index is 3.67. The van der Waals surface area contributed by atoms with E-state index in [2.05, 4.69) is 0 Å². The number of methoxy groups -OCH3 is 1. The molecule has 1 N–H and O–H groups in total. The van der Waals surface area contributed by atoms with Crippen molar-refractivity contribution in [2.75, 3.05) is 20.3 Å². The van der Waals surface area contributed by atoms with E-state index in [1.165, 1.54) is 0 Å².